The molecular weight excluding hydrogens is 260 g/mol. The van der Waals surface area contributed by atoms with Gasteiger partial charge in [-0.1, -0.05) is 54.6 Å². The Labute approximate surface area is 124 Å². The second-order valence-corrected chi connectivity index (χ2v) is 5.20. The third-order valence-electron chi connectivity index (χ3n) is 3.56. The minimum absolute atomic E-state index is 0.583. The van der Waals surface area contributed by atoms with Crippen molar-refractivity contribution in [2.24, 2.45) is 0 Å². The molecule has 0 bridgehead atoms. The van der Waals surface area contributed by atoms with Gasteiger partial charge in [-0.2, -0.15) is 0 Å². The number of hydrogen-bond acceptors (Lipinski definition) is 2. The monoisotopic (exact) mass is 278 g/mol. The molecule has 0 amide bonds. The van der Waals surface area contributed by atoms with E-state index >= 15 is 0 Å². The lowest BCUT2D eigenvalue weighted by atomic mass is 9.98. The van der Waals surface area contributed by atoms with Crippen molar-refractivity contribution in [1.82, 2.24) is 0 Å². The second-order valence-electron chi connectivity index (χ2n) is 5.20. The van der Waals surface area contributed by atoms with E-state index in [1.165, 1.54) is 11.1 Å². The minimum atomic E-state index is -0.583. The van der Waals surface area contributed by atoms with Gasteiger partial charge in [0.25, 0.3) is 0 Å². The predicted molar refractivity (Wildman–Crippen MR) is 84.0 cm³/mol. The van der Waals surface area contributed by atoms with E-state index < -0.39 is 6.10 Å². The van der Waals surface area contributed by atoms with E-state index in [0.29, 0.717) is 5.76 Å². The van der Waals surface area contributed by atoms with Crippen LogP contribution in [0.25, 0.3) is 11.3 Å². The Kier molecular flexibility index (Phi) is 3.89. The summed E-state index contributed by atoms with van der Waals surface area (Å²) in [7, 11) is 0. The van der Waals surface area contributed by atoms with Crippen LogP contribution in [0.15, 0.2) is 71.1 Å². The molecule has 1 heterocycles. The lowest BCUT2D eigenvalue weighted by molar-refractivity contribution is 0.170. The molecular formula is C19H18O2. The molecule has 2 heteroatoms. The summed E-state index contributed by atoms with van der Waals surface area (Å²) < 4.78 is 5.76. The minimum Gasteiger partial charge on any atom is -0.458 e. The van der Waals surface area contributed by atoms with E-state index in [4.69, 9.17) is 4.42 Å². The first kappa shape index (κ1) is 13.7. The van der Waals surface area contributed by atoms with Gasteiger partial charge in [0.05, 0.1) is 0 Å². The summed E-state index contributed by atoms with van der Waals surface area (Å²) in [6.45, 7) is 1.71. The first-order chi connectivity index (χ1) is 10.2. The number of furan rings is 1. The van der Waals surface area contributed by atoms with Crippen LogP contribution in [0.4, 0.5) is 0 Å². The zero-order chi connectivity index (χ0) is 14.7. The summed E-state index contributed by atoms with van der Waals surface area (Å²) in [5.74, 6) is 1.40. The van der Waals surface area contributed by atoms with Crippen LogP contribution in [0.1, 0.15) is 29.9 Å². The van der Waals surface area contributed by atoms with Gasteiger partial charge < -0.3 is 9.52 Å². The smallest absolute Gasteiger partial charge is 0.134 e. The van der Waals surface area contributed by atoms with Gasteiger partial charge in [0.1, 0.15) is 17.6 Å². The fourth-order valence-corrected chi connectivity index (χ4v) is 2.45. The fraction of sp³-hybridized carbons (Fsp3) is 0.158. The Balaban J connectivity index is 1.95. The molecule has 2 nitrogen and oxygen atoms in total. The maximum atomic E-state index is 9.59. The number of hydrogen-bond donors (Lipinski definition) is 1. The molecule has 1 N–H and O–H groups in total. The van der Waals surface area contributed by atoms with Gasteiger partial charge in [-0.3, -0.25) is 0 Å². The summed E-state index contributed by atoms with van der Waals surface area (Å²) in [5, 5.41) is 9.59. The zero-order valence-corrected chi connectivity index (χ0v) is 12.0. The van der Waals surface area contributed by atoms with E-state index in [0.717, 1.165) is 17.7 Å². The summed E-state index contributed by atoms with van der Waals surface area (Å²) >= 11 is 0. The number of aliphatic hydroxyl groups is 1. The van der Waals surface area contributed by atoms with E-state index in [1.54, 1.807) is 6.92 Å². The number of aliphatic hydroxyl groups excluding tert-OH is 1. The van der Waals surface area contributed by atoms with Crippen molar-refractivity contribution in [2.45, 2.75) is 19.4 Å². The van der Waals surface area contributed by atoms with Crippen molar-refractivity contribution in [3.63, 3.8) is 0 Å². The van der Waals surface area contributed by atoms with Crippen LogP contribution in [-0.4, -0.2) is 5.11 Å². The molecule has 1 aromatic heterocycles. The Morgan fingerprint density at radius 1 is 0.905 bits per heavy atom. The molecule has 0 radical (unpaired) electrons. The SMILES string of the molecule is CC(O)c1ccc(-c2ccccc2Cc2ccccc2)o1. The summed E-state index contributed by atoms with van der Waals surface area (Å²) in [5.41, 5.74) is 3.57. The second kappa shape index (κ2) is 5.98. The maximum absolute atomic E-state index is 9.59. The molecule has 0 saturated carbocycles. The summed E-state index contributed by atoms with van der Waals surface area (Å²) in [4.78, 5) is 0. The van der Waals surface area contributed by atoms with Gasteiger partial charge in [0.15, 0.2) is 0 Å². The third-order valence-corrected chi connectivity index (χ3v) is 3.56. The molecule has 0 spiro atoms. The highest BCUT2D eigenvalue weighted by molar-refractivity contribution is 5.63. The number of benzene rings is 2. The van der Waals surface area contributed by atoms with Crippen molar-refractivity contribution in [2.75, 3.05) is 0 Å². The Morgan fingerprint density at radius 3 is 2.33 bits per heavy atom. The summed E-state index contributed by atoms with van der Waals surface area (Å²) in [6, 6.07) is 22.4. The van der Waals surface area contributed by atoms with Crippen LogP contribution in [0.2, 0.25) is 0 Å². The topological polar surface area (TPSA) is 33.4 Å². The van der Waals surface area contributed by atoms with Crippen LogP contribution in [0.5, 0.6) is 0 Å². The van der Waals surface area contributed by atoms with Crippen LogP contribution in [0, 0.1) is 0 Å². The molecule has 0 aliphatic rings. The predicted octanol–water partition coefficient (Wildman–Crippen LogP) is 4.59. The van der Waals surface area contributed by atoms with Crippen molar-refractivity contribution in [3.8, 4) is 11.3 Å². The molecule has 21 heavy (non-hydrogen) atoms. The van der Waals surface area contributed by atoms with Crippen LogP contribution < -0.4 is 0 Å². The molecule has 0 saturated heterocycles. The average molecular weight is 278 g/mol. The largest absolute Gasteiger partial charge is 0.458 e. The molecule has 2 aromatic carbocycles. The molecule has 1 atom stereocenters. The normalized spacial score (nSPS) is 12.3. The molecule has 0 aliphatic carbocycles. The first-order valence-electron chi connectivity index (χ1n) is 7.14. The van der Waals surface area contributed by atoms with Crippen LogP contribution in [-0.2, 0) is 6.42 Å². The molecule has 106 valence electrons. The highest BCUT2D eigenvalue weighted by Crippen LogP contribution is 2.29. The zero-order valence-electron chi connectivity index (χ0n) is 12.0. The van der Waals surface area contributed by atoms with Gasteiger partial charge >= 0.3 is 0 Å². The number of rotatable bonds is 4. The summed E-state index contributed by atoms with van der Waals surface area (Å²) in [6.07, 6.45) is 0.280. The van der Waals surface area contributed by atoms with Crippen molar-refractivity contribution in [1.29, 1.82) is 0 Å². The van der Waals surface area contributed by atoms with Crippen molar-refractivity contribution in [3.05, 3.63) is 83.6 Å². The van der Waals surface area contributed by atoms with E-state index in [2.05, 4.69) is 36.4 Å². The van der Waals surface area contributed by atoms with Crippen LogP contribution in [0.3, 0.4) is 0 Å². The first-order valence-corrected chi connectivity index (χ1v) is 7.14. The fourth-order valence-electron chi connectivity index (χ4n) is 2.45. The highest BCUT2D eigenvalue weighted by Gasteiger charge is 2.12. The lowest BCUT2D eigenvalue weighted by Crippen LogP contribution is -1.91. The average Bonchev–Trinajstić information content (AvgIpc) is 2.99. The molecule has 0 aliphatic heterocycles. The molecule has 1 unspecified atom stereocenters. The molecule has 3 aromatic rings. The Hall–Kier alpha value is -2.32. The van der Waals surface area contributed by atoms with Crippen molar-refractivity contribution >= 4 is 0 Å². The highest BCUT2D eigenvalue weighted by atomic mass is 16.4. The third kappa shape index (κ3) is 3.06. The van der Waals surface area contributed by atoms with Gasteiger partial charge in [-0.05, 0) is 36.6 Å². The van der Waals surface area contributed by atoms with Gasteiger partial charge in [0.2, 0.25) is 0 Å². The van der Waals surface area contributed by atoms with Gasteiger partial charge in [-0.15, -0.1) is 0 Å². The van der Waals surface area contributed by atoms with Crippen molar-refractivity contribution < 1.29 is 9.52 Å². The van der Waals surface area contributed by atoms with Gasteiger partial charge in [-0.25, -0.2) is 0 Å². The van der Waals surface area contributed by atoms with E-state index in [1.807, 2.05) is 30.3 Å². The van der Waals surface area contributed by atoms with E-state index in [9.17, 15) is 5.11 Å². The van der Waals surface area contributed by atoms with E-state index in [-0.39, 0.29) is 0 Å². The standard InChI is InChI=1S/C19H18O2/c1-14(20)18-11-12-19(21-18)17-10-6-5-9-16(17)13-15-7-3-2-4-8-15/h2-12,14,20H,13H2,1H3. The molecule has 3 rings (SSSR count). The van der Waals surface area contributed by atoms with Gasteiger partial charge in [0, 0.05) is 5.56 Å². The quantitative estimate of drug-likeness (QED) is 0.757. The molecule has 0 fully saturated rings. The maximum Gasteiger partial charge on any atom is 0.134 e. The lowest BCUT2D eigenvalue weighted by Gasteiger charge is -2.08. The Bertz CT molecular complexity index is 711. The van der Waals surface area contributed by atoms with Crippen LogP contribution >= 0.6 is 0 Å². The Morgan fingerprint density at radius 2 is 1.62 bits per heavy atom.